The second kappa shape index (κ2) is 6.59. The molecule has 0 amide bonds. The smallest absolute Gasteiger partial charge is 0.340 e. The quantitative estimate of drug-likeness (QED) is 0.810. The summed E-state index contributed by atoms with van der Waals surface area (Å²) in [5.74, 6) is 0.116. The minimum atomic E-state index is -0.468. The number of anilines is 2. The van der Waals surface area contributed by atoms with Crippen LogP contribution < -0.4 is 10.6 Å². The topological polar surface area (TPSA) is 92.2 Å². The van der Waals surface area contributed by atoms with Gasteiger partial charge in [0.2, 0.25) is 0 Å². The van der Waals surface area contributed by atoms with Gasteiger partial charge in [-0.05, 0) is 19.9 Å². The van der Waals surface area contributed by atoms with E-state index in [9.17, 15) is 4.79 Å². The molecule has 102 valence electrons. The molecule has 0 spiro atoms. The van der Waals surface area contributed by atoms with Gasteiger partial charge in [-0.15, -0.1) is 0 Å². The van der Waals surface area contributed by atoms with Crippen molar-refractivity contribution in [1.82, 2.24) is 4.98 Å². The Hall–Kier alpha value is -2.29. The van der Waals surface area contributed by atoms with E-state index in [1.165, 1.54) is 6.20 Å². The van der Waals surface area contributed by atoms with Crippen LogP contribution in [0.3, 0.4) is 0 Å². The van der Waals surface area contributed by atoms with E-state index in [1.807, 2.05) is 18.9 Å². The summed E-state index contributed by atoms with van der Waals surface area (Å²) in [6, 6.07) is 3.68. The van der Waals surface area contributed by atoms with Gasteiger partial charge in [0, 0.05) is 13.1 Å². The lowest BCUT2D eigenvalue weighted by Crippen LogP contribution is -2.29. The summed E-state index contributed by atoms with van der Waals surface area (Å²) in [4.78, 5) is 17.7. The third-order valence-corrected chi connectivity index (χ3v) is 2.82. The average Bonchev–Trinajstić information content (AvgIpc) is 2.39. The number of nitriles is 1. The minimum absolute atomic E-state index is 0.00355. The highest BCUT2D eigenvalue weighted by Crippen LogP contribution is 2.20. The van der Waals surface area contributed by atoms with Crippen LogP contribution in [0.1, 0.15) is 30.6 Å². The van der Waals surface area contributed by atoms with Crippen molar-refractivity contribution in [3.05, 3.63) is 17.8 Å². The predicted molar refractivity (Wildman–Crippen MR) is 72.7 cm³/mol. The molecule has 0 radical (unpaired) electrons. The Morgan fingerprint density at radius 1 is 1.68 bits per heavy atom. The Labute approximate surface area is 112 Å². The number of nitrogens with zero attached hydrogens (tertiary/aromatic N) is 3. The second-order valence-electron chi connectivity index (χ2n) is 4.17. The van der Waals surface area contributed by atoms with Gasteiger partial charge in [0.1, 0.15) is 5.82 Å². The summed E-state index contributed by atoms with van der Waals surface area (Å²) in [7, 11) is 1.81. The Morgan fingerprint density at radius 2 is 2.37 bits per heavy atom. The lowest BCUT2D eigenvalue weighted by atomic mass is 10.2. The van der Waals surface area contributed by atoms with Gasteiger partial charge in [-0.2, -0.15) is 5.26 Å². The molecule has 1 aromatic rings. The summed E-state index contributed by atoms with van der Waals surface area (Å²) >= 11 is 0. The molecule has 0 aliphatic carbocycles. The molecule has 0 aliphatic heterocycles. The first-order chi connectivity index (χ1) is 9.01. The van der Waals surface area contributed by atoms with E-state index in [4.69, 9.17) is 15.7 Å². The SMILES string of the molecule is CCOC(=O)c1cc(N(C)C(C)CC#N)ncc1N. The Bertz CT molecular complexity index is 496. The molecule has 0 bridgehead atoms. The van der Waals surface area contributed by atoms with Crippen LogP contribution in [0.15, 0.2) is 12.3 Å². The Kier molecular flexibility index (Phi) is 5.12. The lowest BCUT2D eigenvalue weighted by Gasteiger charge is -2.24. The number of nitrogens with two attached hydrogens (primary N) is 1. The monoisotopic (exact) mass is 262 g/mol. The van der Waals surface area contributed by atoms with Crippen LogP contribution in [0.25, 0.3) is 0 Å². The fourth-order valence-electron chi connectivity index (χ4n) is 1.53. The second-order valence-corrected chi connectivity index (χ2v) is 4.17. The number of hydrogen-bond donors (Lipinski definition) is 1. The molecule has 0 saturated heterocycles. The van der Waals surface area contributed by atoms with Crippen molar-refractivity contribution < 1.29 is 9.53 Å². The molecule has 6 nitrogen and oxygen atoms in total. The molecule has 2 N–H and O–H groups in total. The van der Waals surface area contributed by atoms with Gasteiger partial charge in [-0.25, -0.2) is 9.78 Å². The molecular weight excluding hydrogens is 244 g/mol. The van der Waals surface area contributed by atoms with Crippen molar-refractivity contribution in [2.24, 2.45) is 0 Å². The highest BCUT2D eigenvalue weighted by atomic mass is 16.5. The number of ether oxygens (including phenoxy) is 1. The van der Waals surface area contributed by atoms with Crippen LogP contribution in [0, 0.1) is 11.3 Å². The van der Waals surface area contributed by atoms with Crippen molar-refractivity contribution in [3.8, 4) is 6.07 Å². The van der Waals surface area contributed by atoms with Gasteiger partial charge in [-0.1, -0.05) is 0 Å². The summed E-state index contributed by atoms with van der Waals surface area (Å²) in [5.41, 5.74) is 6.30. The number of esters is 1. The molecule has 0 aromatic carbocycles. The predicted octanol–water partition coefficient (Wildman–Crippen LogP) is 1.58. The summed E-state index contributed by atoms with van der Waals surface area (Å²) in [6.45, 7) is 3.93. The van der Waals surface area contributed by atoms with Gasteiger partial charge in [0.25, 0.3) is 0 Å². The molecule has 0 saturated carbocycles. The molecule has 1 atom stereocenters. The number of nitrogen functional groups attached to an aromatic ring is 1. The number of aromatic nitrogens is 1. The number of carbonyl (C=O) groups is 1. The summed E-state index contributed by atoms with van der Waals surface area (Å²) < 4.78 is 4.93. The molecule has 19 heavy (non-hydrogen) atoms. The van der Waals surface area contributed by atoms with E-state index in [1.54, 1.807) is 13.0 Å². The summed E-state index contributed by atoms with van der Waals surface area (Å²) in [6.07, 6.45) is 1.80. The average molecular weight is 262 g/mol. The van der Waals surface area contributed by atoms with Crippen molar-refractivity contribution in [3.63, 3.8) is 0 Å². The molecule has 6 heteroatoms. The highest BCUT2D eigenvalue weighted by Gasteiger charge is 2.16. The summed E-state index contributed by atoms with van der Waals surface area (Å²) in [5, 5.41) is 8.70. The van der Waals surface area contributed by atoms with Gasteiger partial charge < -0.3 is 15.4 Å². The number of rotatable bonds is 5. The van der Waals surface area contributed by atoms with E-state index >= 15 is 0 Å². The van der Waals surface area contributed by atoms with E-state index in [0.29, 0.717) is 17.8 Å². The van der Waals surface area contributed by atoms with E-state index in [0.717, 1.165) is 0 Å². The van der Waals surface area contributed by atoms with E-state index < -0.39 is 5.97 Å². The Balaban J connectivity index is 3.02. The third-order valence-electron chi connectivity index (χ3n) is 2.82. The fourth-order valence-corrected chi connectivity index (χ4v) is 1.53. The van der Waals surface area contributed by atoms with Gasteiger partial charge >= 0.3 is 5.97 Å². The minimum Gasteiger partial charge on any atom is -0.462 e. The largest absolute Gasteiger partial charge is 0.462 e. The van der Waals surface area contributed by atoms with Gasteiger partial charge in [0.05, 0.1) is 36.5 Å². The Morgan fingerprint density at radius 3 is 2.95 bits per heavy atom. The molecular formula is C13H18N4O2. The molecule has 1 heterocycles. The number of carbonyl (C=O) groups excluding carboxylic acids is 1. The molecule has 1 unspecified atom stereocenters. The van der Waals surface area contributed by atoms with Crippen LogP contribution in [0.4, 0.5) is 11.5 Å². The number of hydrogen-bond acceptors (Lipinski definition) is 6. The lowest BCUT2D eigenvalue weighted by molar-refractivity contribution is 0.0527. The van der Waals surface area contributed by atoms with Gasteiger partial charge in [0.15, 0.2) is 0 Å². The zero-order chi connectivity index (χ0) is 14.4. The van der Waals surface area contributed by atoms with Crippen molar-refractivity contribution in [2.45, 2.75) is 26.3 Å². The zero-order valence-electron chi connectivity index (χ0n) is 11.4. The maximum Gasteiger partial charge on any atom is 0.340 e. The maximum atomic E-state index is 11.7. The molecule has 0 aliphatic rings. The first-order valence-electron chi connectivity index (χ1n) is 6.03. The zero-order valence-corrected chi connectivity index (χ0v) is 11.4. The van der Waals surface area contributed by atoms with E-state index in [2.05, 4.69) is 11.1 Å². The normalized spacial score (nSPS) is 11.5. The van der Waals surface area contributed by atoms with Crippen molar-refractivity contribution in [2.75, 3.05) is 24.3 Å². The van der Waals surface area contributed by atoms with Crippen LogP contribution in [0.5, 0.6) is 0 Å². The first kappa shape index (κ1) is 14.8. The first-order valence-corrected chi connectivity index (χ1v) is 6.03. The molecule has 1 rings (SSSR count). The van der Waals surface area contributed by atoms with Crippen LogP contribution >= 0.6 is 0 Å². The van der Waals surface area contributed by atoms with Crippen LogP contribution in [-0.4, -0.2) is 30.6 Å². The molecule has 0 fully saturated rings. The standard InChI is InChI=1S/C13H18N4O2/c1-4-19-13(18)10-7-12(16-8-11(10)15)17(3)9(2)5-6-14/h7-9H,4-5,15H2,1-3H3. The maximum absolute atomic E-state index is 11.7. The third kappa shape index (κ3) is 3.58. The fraction of sp³-hybridized carbons (Fsp3) is 0.462. The van der Waals surface area contributed by atoms with Crippen molar-refractivity contribution in [1.29, 1.82) is 5.26 Å². The van der Waals surface area contributed by atoms with Crippen LogP contribution in [-0.2, 0) is 4.74 Å². The van der Waals surface area contributed by atoms with Crippen molar-refractivity contribution >= 4 is 17.5 Å². The molecule has 1 aromatic heterocycles. The van der Waals surface area contributed by atoms with Crippen LogP contribution in [0.2, 0.25) is 0 Å². The number of pyridine rings is 1. The van der Waals surface area contributed by atoms with Gasteiger partial charge in [-0.3, -0.25) is 0 Å². The highest BCUT2D eigenvalue weighted by molar-refractivity contribution is 5.95. The van der Waals surface area contributed by atoms with E-state index in [-0.39, 0.29) is 18.3 Å².